The van der Waals surface area contributed by atoms with Gasteiger partial charge in [-0.3, -0.25) is 9.69 Å². The van der Waals surface area contributed by atoms with E-state index >= 15 is 0 Å². The molecule has 29 heavy (non-hydrogen) atoms. The van der Waals surface area contributed by atoms with E-state index in [0.29, 0.717) is 25.6 Å². The van der Waals surface area contributed by atoms with Gasteiger partial charge in [-0.15, -0.1) is 0 Å². The van der Waals surface area contributed by atoms with Gasteiger partial charge in [-0.1, -0.05) is 44.4 Å². The van der Waals surface area contributed by atoms with Crippen molar-refractivity contribution < 1.29 is 13.2 Å². The zero-order valence-corrected chi connectivity index (χ0v) is 18.7. The number of nitrogens with one attached hydrogen (secondary N) is 1. The molecule has 1 N–H and O–H groups in total. The highest BCUT2D eigenvalue weighted by molar-refractivity contribution is 7.89. The van der Waals surface area contributed by atoms with Crippen LogP contribution in [0.2, 0.25) is 0 Å². The molecule has 2 fully saturated rings. The summed E-state index contributed by atoms with van der Waals surface area (Å²) in [4.78, 5) is 17.8. The van der Waals surface area contributed by atoms with Gasteiger partial charge in [0.05, 0.1) is 4.90 Å². The molecular formula is C22H35N3O3S. The first-order chi connectivity index (χ1) is 13.8. The van der Waals surface area contributed by atoms with E-state index in [1.54, 1.807) is 24.3 Å². The standard InChI is InChI=1S/C22H35N3O3S/c1-17(2)16-21(23-29(27,28)20-10-8-18(3)9-11-20)22(26)25-14-12-24(13-15-25)19-6-4-5-7-19/h8-11,17,19,21,23H,4-7,12-16H2,1-3H3. The molecule has 0 aromatic heterocycles. The van der Waals surface area contributed by atoms with Gasteiger partial charge in [0, 0.05) is 32.2 Å². The Labute approximate surface area is 175 Å². The minimum Gasteiger partial charge on any atom is -0.339 e. The number of hydrogen-bond acceptors (Lipinski definition) is 4. The normalized spacial score (nSPS) is 20.3. The Morgan fingerprint density at radius 2 is 1.66 bits per heavy atom. The molecule has 0 radical (unpaired) electrons. The van der Waals surface area contributed by atoms with Crippen LogP contribution in [0.5, 0.6) is 0 Å². The Kier molecular flexibility index (Phi) is 7.35. The number of amides is 1. The van der Waals surface area contributed by atoms with Gasteiger partial charge >= 0.3 is 0 Å². The Bertz CT molecular complexity index is 778. The fourth-order valence-electron chi connectivity index (χ4n) is 4.44. The fourth-order valence-corrected chi connectivity index (χ4v) is 5.64. The van der Waals surface area contributed by atoms with Crippen LogP contribution in [0.3, 0.4) is 0 Å². The predicted octanol–water partition coefficient (Wildman–Crippen LogP) is 2.77. The zero-order chi connectivity index (χ0) is 21.0. The van der Waals surface area contributed by atoms with Crippen LogP contribution in [0.1, 0.15) is 51.5 Å². The van der Waals surface area contributed by atoms with E-state index < -0.39 is 16.1 Å². The van der Waals surface area contributed by atoms with Crippen LogP contribution in [0.25, 0.3) is 0 Å². The van der Waals surface area contributed by atoms with E-state index in [2.05, 4.69) is 9.62 Å². The van der Waals surface area contributed by atoms with E-state index in [9.17, 15) is 13.2 Å². The molecule has 0 bridgehead atoms. The number of benzene rings is 1. The van der Waals surface area contributed by atoms with Crippen LogP contribution in [0.15, 0.2) is 29.2 Å². The second-order valence-electron chi connectivity index (χ2n) is 8.92. The average molecular weight is 422 g/mol. The second-order valence-corrected chi connectivity index (χ2v) is 10.6. The molecule has 1 aromatic carbocycles. The smallest absolute Gasteiger partial charge is 0.241 e. The third-order valence-electron chi connectivity index (χ3n) is 6.10. The minimum atomic E-state index is -3.74. The van der Waals surface area contributed by atoms with Crippen molar-refractivity contribution in [3.05, 3.63) is 29.8 Å². The maximum Gasteiger partial charge on any atom is 0.241 e. The first-order valence-electron chi connectivity index (χ1n) is 10.9. The Hall–Kier alpha value is -1.44. The highest BCUT2D eigenvalue weighted by Gasteiger charge is 2.33. The summed E-state index contributed by atoms with van der Waals surface area (Å²) in [5.41, 5.74) is 0.999. The molecule has 1 unspecified atom stereocenters. The molecular weight excluding hydrogens is 386 g/mol. The Balaban J connectivity index is 1.66. The number of nitrogens with zero attached hydrogens (tertiary/aromatic N) is 2. The van der Waals surface area contributed by atoms with Gasteiger partial charge in [-0.05, 0) is 44.2 Å². The van der Waals surface area contributed by atoms with Crippen LogP contribution in [0, 0.1) is 12.8 Å². The summed E-state index contributed by atoms with van der Waals surface area (Å²) in [6, 6.07) is 6.67. The number of rotatable bonds is 7. The summed E-state index contributed by atoms with van der Waals surface area (Å²) in [5, 5.41) is 0. The molecule has 6 nitrogen and oxygen atoms in total. The molecule has 1 aliphatic carbocycles. The first kappa shape index (κ1) is 22.2. The molecule has 1 atom stereocenters. The van der Waals surface area contributed by atoms with Crippen LogP contribution < -0.4 is 4.72 Å². The molecule has 1 aromatic rings. The van der Waals surface area contributed by atoms with Crippen molar-refractivity contribution in [3.8, 4) is 0 Å². The van der Waals surface area contributed by atoms with Gasteiger partial charge in [0.25, 0.3) is 0 Å². The fraction of sp³-hybridized carbons (Fsp3) is 0.682. The maximum absolute atomic E-state index is 13.2. The summed E-state index contributed by atoms with van der Waals surface area (Å²) in [6.45, 7) is 9.06. The monoisotopic (exact) mass is 421 g/mol. The highest BCUT2D eigenvalue weighted by Crippen LogP contribution is 2.24. The molecule has 162 valence electrons. The van der Waals surface area contributed by atoms with Gasteiger partial charge in [0.1, 0.15) is 6.04 Å². The number of carbonyl (C=O) groups excluding carboxylic acids is 1. The third kappa shape index (κ3) is 5.80. The van der Waals surface area contributed by atoms with E-state index in [4.69, 9.17) is 0 Å². The van der Waals surface area contributed by atoms with Gasteiger partial charge in [0.15, 0.2) is 0 Å². The molecule has 1 saturated heterocycles. The van der Waals surface area contributed by atoms with Crippen molar-refractivity contribution in [1.82, 2.24) is 14.5 Å². The van der Waals surface area contributed by atoms with Crippen molar-refractivity contribution in [1.29, 1.82) is 0 Å². The maximum atomic E-state index is 13.2. The number of hydrogen-bond donors (Lipinski definition) is 1. The lowest BCUT2D eigenvalue weighted by atomic mass is 10.0. The second kappa shape index (κ2) is 9.58. The van der Waals surface area contributed by atoms with Crippen LogP contribution in [0.4, 0.5) is 0 Å². The Morgan fingerprint density at radius 3 is 2.21 bits per heavy atom. The first-order valence-corrected chi connectivity index (χ1v) is 12.4. The quantitative estimate of drug-likeness (QED) is 0.735. The minimum absolute atomic E-state index is 0.0968. The predicted molar refractivity (Wildman–Crippen MR) is 115 cm³/mol. The third-order valence-corrected chi connectivity index (χ3v) is 7.59. The summed E-state index contributed by atoms with van der Waals surface area (Å²) in [5.74, 6) is 0.116. The van der Waals surface area contributed by atoms with Crippen molar-refractivity contribution in [3.63, 3.8) is 0 Å². The molecule has 2 aliphatic rings. The number of aryl methyl sites for hydroxylation is 1. The van der Waals surface area contributed by atoms with Gasteiger partial charge in [-0.2, -0.15) is 4.72 Å². The topological polar surface area (TPSA) is 69.7 Å². The zero-order valence-electron chi connectivity index (χ0n) is 17.9. The summed E-state index contributed by atoms with van der Waals surface area (Å²) in [6.07, 6.45) is 5.63. The van der Waals surface area contributed by atoms with Crippen LogP contribution in [-0.2, 0) is 14.8 Å². The summed E-state index contributed by atoms with van der Waals surface area (Å²) >= 11 is 0. The van der Waals surface area contributed by atoms with E-state index in [1.165, 1.54) is 25.7 Å². The summed E-state index contributed by atoms with van der Waals surface area (Å²) < 4.78 is 28.4. The largest absolute Gasteiger partial charge is 0.339 e. The molecule has 3 rings (SSSR count). The lowest BCUT2D eigenvalue weighted by molar-refractivity contribution is -0.135. The molecule has 1 amide bonds. The molecule has 1 heterocycles. The van der Waals surface area contributed by atoms with Crippen molar-refractivity contribution in [2.45, 2.75) is 69.9 Å². The van der Waals surface area contributed by atoms with Gasteiger partial charge < -0.3 is 4.90 Å². The van der Waals surface area contributed by atoms with Crippen molar-refractivity contribution in [2.24, 2.45) is 5.92 Å². The van der Waals surface area contributed by atoms with Gasteiger partial charge in [0.2, 0.25) is 15.9 Å². The van der Waals surface area contributed by atoms with Crippen molar-refractivity contribution in [2.75, 3.05) is 26.2 Å². The summed E-state index contributed by atoms with van der Waals surface area (Å²) in [7, 11) is -3.74. The molecule has 1 saturated carbocycles. The number of piperazine rings is 1. The Morgan fingerprint density at radius 1 is 1.07 bits per heavy atom. The number of sulfonamides is 1. The molecule has 1 aliphatic heterocycles. The SMILES string of the molecule is Cc1ccc(S(=O)(=O)NC(CC(C)C)C(=O)N2CCN(C3CCCC3)CC2)cc1. The van der Waals surface area contributed by atoms with Gasteiger partial charge in [-0.25, -0.2) is 8.42 Å². The van der Waals surface area contributed by atoms with E-state index in [-0.39, 0.29) is 16.7 Å². The number of carbonyl (C=O) groups is 1. The molecule has 7 heteroatoms. The lowest BCUT2D eigenvalue weighted by Gasteiger charge is -2.39. The highest BCUT2D eigenvalue weighted by atomic mass is 32.2. The van der Waals surface area contributed by atoms with Crippen LogP contribution in [-0.4, -0.2) is 62.4 Å². The lowest BCUT2D eigenvalue weighted by Crippen LogP contribution is -2.56. The van der Waals surface area contributed by atoms with Crippen molar-refractivity contribution >= 4 is 15.9 Å². The average Bonchev–Trinajstić information content (AvgIpc) is 3.21. The van der Waals surface area contributed by atoms with E-state index in [1.807, 2.05) is 25.7 Å². The van der Waals surface area contributed by atoms with Crippen LogP contribution >= 0.6 is 0 Å². The molecule has 0 spiro atoms. The van der Waals surface area contributed by atoms with E-state index in [0.717, 1.165) is 18.7 Å².